The molecule has 0 spiro atoms. The molecule has 0 saturated carbocycles. The minimum atomic E-state index is -3.90. The molecule has 1 aliphatic rings. The van der Waals surface area contributed by atoms with Gasteiger partial charge in [-0.3, -0.25) is 4.79 Å². The highest BCUT2D eigenvalue weighted by molar-refractivity contribution is 7.89. The summed E-state index contributed by atoms with van der Waals surface area (Å²) >= 11 is 5.92. The highest BCUT2D eigenvalue weighted by Gasteiger charge is 2.27. The molecular weight excluding hydrogens is 300 g/mol. The van der Waals surface area contributed by atoms with Gasteiger partial charge in [0.15, 0.2) is 0 Å². The lowest BCUT2D eigenvalue weighted by molar-refractivity contribution is 0.0787. The van der Waals surface area contributed by atoms with E-state index in [1.807, 2.05) is 0 Å². The van der Waals surface area contributed by atoms with Crippen molar-refractivity contribution < 1.29 is 13.2 Å². The van der Waals surface area contributed by atoms with E-state index in [2.05, 4.69) is 6.92 Å². The Bertz CT molecular complexity index is 658. The van der Waals surface area contributed by atoms with Crippen LogP contribution in [0.15, 0.2) is 17.0 Å². The van der Waals surface area contributed by atoms with Crippen LogP contribution < -0.4 is 5.14 Å². The number of nitrogens with zero attached hydrogens (tertiary/aromatic N) is 1. The number of nitrogens with two attached hydrogens (primary N) is 1. The summed E-state index contributed by atoms with van der Waals surface area (Å²) in [5.41, 5.74) is 0.650. The number of rotatable bonds is 2. The first-order chi connectivity index (χ1) is 9.20. The van der Waals surface area contributed by atoms with Crippen LogP contribution in [0.25, 0.3) is 0 Å². The van der Waals surface area contributed by atoms with Crippen molar-refractivity contribution in [3.63, 3.8) is 0 Å². The second-order valence-electron chi connectivity index (χ2n) is 5.27. The first-order valence-electron chi connectivity index (χ1n) is 6.32. The molecule has 20 heavy (non-hydrogen) atoms. The number of halogens is 1. The van der Waals surface area contributed by atoms with E-state index in [0.29, 0.717) is 30.1 Å². The van der Waals surface area contributed by atoms with Gasteiger partial charge in [-0.15, -0.1) is 0 Å². The lowest BCUT2D eigenvalue weighted by atomic mass is 10.1. The third-order valence-electron chi connectivity index (χ3n) is 3.57. The van der Waals surface area contributed by atoms with Crippen molar-refractivity contribution in [1.29, 1.82) is 0 Å². The van der Waals surface area contributed by atoms with Crippen molar-refractivity contribution in [3.8, 4) is 0 Å². The number of hydrogen-bond acceptors (Lipinski definition) is 3. The van der Waals surface area contributed by atoms with E-state index in [9.17, 15) is 13.2 Å². The molecule has 7 heteroatoms. The molecule has 1 aliphatic heterocycles. The van der Waals surface area contributed by atoms with Gasteiger partial charge in [-0.05, 0) is 37.0 Å². The third kappa shape index (κ3) is 2.97. The molecule has 2 N–H and O–H groups in total. The summed E-state index contributed by atoms with van der Waals surface area (Å²) in [6.45, 7) is 5.00. The van der Waals surface area contributed by atoms with Gasteiger partial charge in [0, 0.05) is 23.7 Å². The molecule has 1 aromatic rings. The molecule has 1 atom stereocenters. The third-order valence-corrected chi connectivity index (χ3v) is 4.83. The molecule has 1 aromatic carbocycles. The largest absolute Gasteiger partial charge is 0.338 e. The number of amides is 1. The van der Waals surface area contributed by atoms with Crippen LogP contribution >= 0.6 is 11.6 Å². The van der Waals surface area contributed by atoms with Gasteiger partial charge in [0.05, 0.1) is 4.90 Å². The molecule has 1 amide bonds. The fourth-order valence-electron chi connectivity index (χ4n) is 2.46. The van der Waals surface area contributed by atoms with Crippen molar-refractivity contribution in [3.05, 3.63) is 28.3 Å². The Hall–Kier alpha value is -1.11. The molecule has 0 radical (unpaired) electrons. The first kappa shape index (κ1) is 15.3. The maximum atomic E-state index is 12.5. The fourth-order valence-corrected chi connectivity index (χ4v) is 3.57. The molecule has 0 aromatic heterocycles. The van der Waals surface area contributed by atoms with Crippen molar-refractivity contribution in [1.82, 2.24) is 4.90 Å². The van der Waals surface area contributed by atoms with Crippen LogP contribution in [-0.2, 0) is 10.0 Å². The summed E-state index contributed by atoms with van der Waals surface area (Å²) < 4.78 is 23.1. The number of benzene rings is 1. The number of carbonyl (C=O) groups excluding carboxylic acids is 1. The molecule has 0 aliphatic carbocycles. The minimum absolute atomic E-state index is 0.0967. The van der Waals surface area contributed by atoms with E-state index in [0.717, 1.165) is 6.42 Å². The Morgan fingerprint density at radius 2 is 2.10 bits per heavy atom. The fraction of sp³-hybridized carbons (Fsp3) is 0.462. The summed E-state index contributed by atoms with van der Waals surface area (Å²) in [5.74, 6) is 0.260. The van der Waals surface area contributed by atoms with Crippen molar-refractivity contribution in [2.75, 3.05) is 13.1 Å². The van der Waals surface area contributed by atoms with Crippen LogP contribution in [0.4, 0.5) is 0 Å². The monoisotopic (exact) mass is 316 g/mol. The van der Waals surface area contributed by atoms with E-state index < -0.39 is 10.0 Å². The summed E-state index contributed by atoms with van der Waals surface area (Å²) in [6.07, 6.45) is 0.952. The van der Waals surface area contributed by atoms with Crippen molar-refractivity contribution in [2.45, 2.75) is 25.2 Å². The molecular formula is C13H17ClN2O3S. The number of primary sulfonamides is 1. The Balaban J connectivity index is 2.47. The number of likely N-dealkylation sites (tertiary alicyclic amines) is 1. The van der Waals surface area contributed by atoms with Gasteiger partial charge < -0.3 is 4.90 Å². The number of hydrogen-bond donors (Lipinski definition) is 1. The molecule has 2 rings (SSSR count). The van der Waals surface area contributed by atoms with Crippen molar-refractivity contribution >= 4 is 27.5 Å². The summed E-state index contributed by atoms with van der Waals surface area (Å²) in [6, 6.07) is 2.77. The van der Waals surface area contributed by atoms with E-state index in [-0.39, 0.29) is 15.8 Å². The van der Waals surface area contributed by atoms with Crippen LogP contribution in [0, 0.1) is 12.8 Å². The number of sulfonamides is 1. The van der Waals surface area contributed by atoms with Crippen LogP contribution in [0.2, 0.25) is 5.02 Å². The van der Waals surface area contributed by atoms with E-state index in [4.69, 9.17) is 16.7 Å². The second-order valence-corrected chi connectivity index (χ2v) is 7.23. The number of carbonyl (C=O) groups is 1. The maximum Gasteiger partial charge on any atom is 0.254 e. The zero-order chi connectivity index (χ0) is 15.1. The average Bonchev–Trinajstić information content (AvgIpc) is 2.76. The van der Waals surface area contributed by atoms with Gasteiger partial charge in [0.2, 0.25) is 10.0 Å². The van der Waals surface area contributed by atoms with Gasteiger partial charge >= 0.3 is 0 Å². The summed E-state index contributed by atoms with van der Waals surface area (Å²) in [5, 5.41) is 5.35. The van der Waals surface area contributed by atoms with Crippen LogP contribution in [0.5, 0.6) is 0 Å². The first-order valence-corrected chi connectivity index (χ1v) is 8.25. The van der Waals surface area contributed by atoms with Gasteiger partial charge in [-0.25, -0.2) is 13.6 Å². The van der Waals surface area contributed by atoms with Crippen molar-refractivity contribution in [2.24, 2.45) is 11.1 Å². The second kappa shape index (κ2) is 5.35. The standard InChI is InChI=1S/C13H17ClN2O3S/c1-8-3-4-16(7-8)13(17)11-5-10(14)6-12(9(11)2)20(15,18)19/h5-6,8H,3-4,7H2,1-2H3,(H2,15,18,19). The highest BCUT2D eigenvalue weighted by Crippen LogP contribution is 2.26. The Morgan fingerprint density at radius 3 is 2.60 bits per heavy atom. The van der Waals surface area contributed by atoms with Crippen LogP contribution in [0.1, 0.15) is 29.3 Å². The predicted molar refractivity (Wildman–Crippen MR) is 77.2 cm³/mol. The highest BCUT2D eigenvalue weighted by atomic mass is 35.5. The van der Waals surface area contributed by atoms with E-state index in [1.165, 1.54) is 12.1 Å². The zero-order valence-corrected chi connectivity index (χ0v) is 13.0. The maximum absolute atomic E-state index is 12.5. The Morgan fingerprint density at radius 1 is 1.45 bits per heavy atom. The average molecular weight is 317 g/mol. The minimum Gasteiger partial charge on any atom is -0.338 e. The molecule has 1 unspecified atom stereocenters. The van der Waals surface area contributed by atoms with Gasteiger partial charge in [-0.1, -0.05) is 18.5 Å². The Labute approximate surface area is 123 Å². The lowest BCUT2D eigenvalue weighted by Gasteiger charge is -2.18. The summed E-state index contributed by atoms with van der Waals surface area (Å²) in [4.78, 5) is 14.1. The predicted octanol–water partition coefficient (Wildman–Crippen LogP) is 1.78. The van der Waals surface area contributed by atoms with E-state index >= 15 is 0 Å². The zero-order valence-electron chi connectivity index (χ0n) is 11.4. The van der Waals surface area contributed by atoms with Gasteiger partial charge in [-0.2, -0.15) is 0 Å². The molecule has 1 fully saturated rings. The molecule has 1 heterocycles. The van der Waals surface area contributed by atoms with Gasteiger partial charge in [0.25, 0.3) is 5.91 Å². The molecule has 5 nitrogen and oxygen atoms in total. The topological polar surface area (TPSA) is 80.5 Å². The van der Waals surface area contributed by atoms with Crippen LogP contribution in [0.3, 0.4) is 0 Å². The van der Waals surface area contributed by atoms with Crippen LogP contribution in [-0.4, -0.2) is 32.3 Å². The molecule has 0 bridgehead atoms. The Kier molecular flexibility index (Phi) is 4.09. The normalized spacial score (nSPS) is 19.4. The van der Waals surface area contributed by atoms with Gasteiger partial charge in [0.1, 0.15) is 0 Å². The molecule has 110 valence electrons. The van der Waals surface area contributed by atoms with E-state index in [1.54, 1.807) is 11.8 Å². The summed E-state index contributed by atoms with van der Waals surface area (Å²) in [7, 11) is -3.90. The smallest absolute Gasteiger partial charge is 0.254 e. The lowest BCUT2D eigenvalue weighted by Crippen LogP contribution is -2.29. The quantitative estimate of drug-likeness (QED) is 0.903. The SMILES string of the molecule is Cc1c(C(=O)N2CCC(C)C2)cc(Cl)cc1S(N)(=O)=O. The molecule has 1 saturated heterocycles.